The van der Waals surface area contributed by atoms with Crippen molar-refractivity contribution in [3.8, 4) is 0 Å². The van der Waals surface area contributed by atoms with Crippen LogP contribution < -0.4 is 15.5 Å². The molecule has 9 heteroatoms. The van der Waals surface area contributed by atoms with Gasteiger partial charge in [-0.15, -0.1) is 10.2 Å². The second-order valence-corrected chi connectivity index (χ2v) is 9.33. The molecule has 2 amide bonds. The number of nitrogens with one attached hydrogen (secondary N) is 2. The largest absolute Gasteiger partial charge is 0.360 e. The minimum Gasteiger partial charge on any atom is -0.360 e. The third-order valence-corrected chi connectivity index (χ3v) is 6.34. The molecule has 2 N–H and O–H groups in total. The maximum absolute atomic E-state index is 13.3. The quantitative estimate of drug-likeness (QED) is 0.714. The fourth-order valence-electron chi connectivity index (χ4n) is 2.79. The molecule has 0 radical (unpaired) electrons. The van der Waals surface area contributed by atoms with Crippen LogP contribution in [0.3, 0.4) is 0 Å². The minimum absolute atomic E-state index is 0.134. The summed E-state index contributed by atoms with van der Waals surface area (Å²) < 4.78 is 0.724. The zero-order valence-corrected chi connectivity index (χ0v) is 17.4. The predicted octanol–water partition coefficient (Wildman–Crippen LogP) is 3.60. The van der Waals surface area contributed by atoms with E-state index in [2.05, 4.69) is 27.8 Å². The molecule has 1 aliphatic heterocycles. The van der Waals surface area contributed by atoms with Crippen molar-refractivity contribution in [3.05, 3.63) is 24.3 Å². The van der Waals surface area contributed by atoms with E-state index in [9.17, 15) is 9.59 Å². The molecule has 0 bridgehead atoms. The lowest BCUT2D eigenvalue weighted by Gasteiger charge is -2.42. The van der Waals surface area contributed by atoms with E-state index in [0.717, 1.165) is 22.4 Å². The molecule has 1 atom stereocenters. The zero-order chi connectivity index (χ0) is 19.6. The van der Waals surface area contributed by atoms with Crippen LogP contribution in [0.5, 0.6) is 0 Å². The van der Waals surface area contributed by atoms with Crippen LogP contribution in [0.15, 0.2) is 28.6 Å². The van der Waals surface area contributed by atoms with Gasteiger partial charge in [-0.1, -0.05) is 42.2 Å². The maximum atomic E-state index is 13.3. The molecule has 3 rings (SSSR count). The molecule has 1 unspecified atom stereocenters. The average Bonchev–Trinajstić information content (AvgIpc) is 3.07. The van der Waals surface area contributed by atoms with E-state index in [1.807, 2.05) is 25.1 Å². The Kier molecular flexibility index (Phi) is 5.71. The molecule has 1 aliphatic rings. The molecule has 7 nitrogen and oxygen atoms in total. The van der Waals surface area contributed by atoms with E-state index in [4.69, 9.17) is 0 Å². The Balaban J connectivity index is 1.81. The van der Waals surface area contributed by atoms with E-state index in [1.54, 1.807) is 24.8 Å². The Hall–Kier alpha value is -2.13. The highest BCUT2D eigenvalue weighted by atomic mass is 32.2. The number of anilines is 3. The summed E-state index contributed by atoms with van der Waals surface area (Å²) in [5.74, 6) is -0.334. The van der Waals surface area contributed by atoms with Crippen molar-refractivity contribution >= 4 is 51.4 Å². The van der Waals surface area contributed by atoms with Crippen molar-refractivity contribution in [1.82, 2.24) is 10.2 Å². The summed E-state index contributed by atoms with van der Waals surface area (Å²) in [6.45, 7) is 8.26. The lowest BCUT2D eigenvalue weighted by molar-refractivity contribution is -0.126. The Morgan fingerprint density at radius 2 is 2.11 bits per heavy atom. The summed E-state index contributed by atoms with van der Waals surface area (Å²) >= 11 is 2.79. The van der Waals surface area contributed by atoms with Crippen molar-refractivity contribution in [3.63, 3.8) is 0 Å². The van der Waals surface area contributed by atoms with Gasteiger partial charge in [0.1, 0.15) is 5.54 Å². The van der Waals surface area contributed by atoms with E-state index < -0.39 is 10.8 Å². The van der Waals surface area contributed by atoms with E-state index >= 15 is 0 Å². The summed E-state index contributed by atoms with van der Waals surface area (Å²) in [6.07, 6.45) is 1.00. The topological polar surface area (TPSA) is 87.2 Å². The maximum Gasteiger partial charge on any atom is 0.250 e. The monoisotopic (exact) mass is 405 g/mol. The Labute approximate surface area is 166 Å². The van der Waals surface area contributed by atoms with Gasteiger partial charge in [-0.25, -0.2) is 0 Å². The third-order valence-electron chi connectivity index (χ3n) is 4.29. The molecule has 1 aromatic heterocycles. The predicted molar refractivity (Wildman–Crippen MR) is 111 cm³/mol. The van der Waals surface area contributed by atoms with Gasteiger partial charge in [0.05, 0.1) is 16.6 Å². The first kappa shape index (κ1) is 19.6. The van der Waals surface area contributed by atoms with Gasteiger partial charge in [-0.3, -0.25) is 14.5 Å². The number of amides is 2. The summed E-state index contributed by atoms with van der Waals surface area (Å²) in [7, 11) is 0. The van der Waals surface area contributed by atoms with Gasteiger partial charge in [-0.05, 0) is 39.3 Å². The number of hydrogen-bond acceptors (Lipinski definition) is 7. The van der Waals surface area contributed by atoms with Crippen LogP contribution in [0.25, 0.3) is 0 Å². The molecule has 0 saturated carbocycles. The number of thioether (sulfide) groups is 1. The van der Waals surface area contributed by atoms with Gasteiger partial charge in [-0.2, -0.15) is 0 Å². The van der Waals surface area contributed by atoms with E-state index in [0.29, 0.717) is 11.4 Å². The van der Waals surface area contributed by atoms with Crippen molar-refractivity contribution in [2.24, 2.45) is 0 Å². The van der Waals surface area contributed by atoms with Crippen molar-refractivity contribution in [2.75, 3.05) is 22.1 Å². The number of para-hydroxylation sites is 2. The number of fused-ring (bicyclic) bond motifs is 1. The first-order chi connectivity index (χ1) is 12.8. The highest BCUT2D eigenvalue weighted by molar-refractivity contribution is 8.02. The van der Waals surface area contributed by atoms with Crippen LogP contribution in [0.1, 0.15) is 34.1 Å². The van der Waals surface area contributed by atoms with Gasteiger partial charge in [0.15, 0.2) is 4.34 Å². The Bertz CT molecular complexity index is 852. The van der Waals surface area contributed by atoms with Crippen LogP contribution in [-0.4, -0.2) is 39.3 Å². The lowest BCUT2D eigenvalue weighted by atomic mass is 9.96. The van der Waals surface area contributed by atoms with Crippen LogP contribution in [0.4, 0.5) is 16.5 Å². The summed E-state index contributed by atoms with van der Waals surface area (Å²) in [5, 5.41) is 14.7. The molecule has 0 aliphatic carbocycles. The van der Waals surface area contributed by atoms with Gasteiger partial charge in [0, 0.05) is 6.54 Å². The van der Waals surface area contributed by atoms with Crippen LogP contribution >= 0.6 is 23.1 Å². The standard InChI is InChI=1S/C18H23N5O2S2/c1-5-10-19-16-21-22-17(27-16)26-11(2)14(24)23-13-9-7-6-8-12(13)20-15(25)18(23,3)4/h6-9,11H,5,10H2,1-4H3,(H,19,21)(H,20,25). The number of rotatable bonds is 6. The van der Waals surface area contributed by atoms with Gasteiger partial charge in [0.2, 0.25) is 16.9 Å². The number of nitrogens with zero attached hydrogens (tertiary/aromatic N) is 3. The lowest BCUT2D eigenvalue weighted by Crippen LogP contribution is -2.60. The van der Waals surface area contributed by atoms with Gasteiger partial charge >= 0.3 is 0 Å². The van der Waals surface area contributed by atoms with Gasteiger partial charge in [0.25, 0.3) is 0 Å². The number of carbonyl (C=O) groups excluding carboxylic acids is 2. The number of benzene rings is 1. The van der Waals surface area contributed by atoms with E-state index in [1.165, 1.54) is 23.1 Å². The molecule has 2 aromatic rings. The second-order valence-electron chi connectivity index (χ2n) is 6.76. The Morgan fingerprint density at radius 1 is 1.37 bits per heavy atom. The summed E-state index contributed by atoms with van der Waals surface area (Å²) in [4.78, 5) is 27.4. The fraction of sp³-hybridized carbons (Fsp3) is 0.444. The molecule has 0 saturated heterocycles. The third kappa shape index (κ3) is 3.93. The molecule has 2 heterocycles. The first-order valence-electron chi connectivity index (χ1n) is 8.83. The SMILES string of the molecule is CCCNc1nnc(SC(C)C(=O)N2c3ccccc3NC(=O)C2(C)C)s1. The van der Waals surface area contributed by atoms with E-state index in [-0.39, 0.29) is 11.8 Å². The number of aromatic nitrogens is 2. The fourth-order valence-corrected chi connectivity index (χ4v) is 4.75. The van der Waals surface area contributed by atoms with Crippen molar-refractivity contribution < 1.29 is 9.59 Å². The summed E-state index contributed by atoms with van der Waals surface area (Å²) in [6, 6.07) is 7.35. The van der Waals surface area contributed by atoms with Crippen LogP contribution in [0, 0.1) is 0 Å². The van der Waals surface area contributed by atoms with Crippen LogP contribution in [-0.2, 0) is 9.59 Å². The van der Waals surface area contributed by atoms with Gasteiger partial charge < -0.3 is 10.6 Å². The van der Waals surface area contributed by atoms with Crippen LogP contribution in [0.2, 0.25) is 0 Å². The van der Waals surface area contributed by atoms with Crippen molar-refractivity contribution in [2.45, 2.75) is 49.2 Å². The van der Waals surface area contributed by atoms with Crippen molar-refractivity contribution in [1.29, 1.82) is 0 Å². The minimum atomic E-state index is -0.977. The average molecular weight is 406 g/mol. The smallest absolute Gasteiger partial charge is 0.250 e. The molecule has 0 fully saturated rings. The highest BCUT2D eigenvalue weighted by Crippen LogP contribution is 2.39. The highest BCUT2D eigenvalue weighted by Gasteiger charge is 2.44. The molecule has 144 valence electrons. The molecule has 1 aromatic carbocycles. The second kappa shape index (κ2) is 7.85. The number of hydrogen-bond donors (Lipinski definition) is 2. The molecular formula is C18H23N5O2S2. The number of carbonyl (C=O) groups is 2. The Morgan fingerprint density at radius 3 is 2.85 bits per heavy atom. The summed E-state index contributed by atoms with van der Waals surface area (Å²) in [5.41, 5.74) is 0.381. The molecular weight excluding hydrogens is 382 g/mol. The normalized spacial score (nSPS) is 16.4. The molecule has 27 heavy (non-hydrogen) atoms. The zero-order valence-electron chi connectivity index (χ0n) is 15.8. The first-order valence-corrected chi connectivity index (χ1v) is 10.5. The molecule has 0 spiro atoms.